The molecule has 0 unspecified atom stereocenters. The molecule has 1 aromatic carbocycles. The minimum absolute atomic E-state index is 0.0886. The molecule has 1 saturated carbocycles. The van der Waals surface area contributed by atoms with Crippen LogP contribution in [0.4, 0.5) is 4.39 Å². The summed E-state index contributed by atoms with van der Waals surface area (Å²) < 4.78 is 13.3. The number of halogens is 1. The van der Waals surface area contributed by atoms with Gasteiger partial charge in [-0.15, -0.1) is 11.8 Å². The summed E-state index contributed by atoms with van der Waals surface area (Å²) in [7, 11) is 0. The molecular weight excluding hydrogens is 249 g/mol. The van der Waals surface area contributed by atoms with E-state index < -0.39 is 0 Å². The Kier molecular flexibility index (Phi) is 5.05. The van der Waals surface area contributed by atoms with Crippen molar-refractivity contribution >= 4 is 17.7 Å². The van der Waals surface area contributed by atoms with Gasteiger partial charge in [-0.1, -0.05) is 25.0 Å². The molecule has 0 aliphatic heterocycles. The van der Waals surface area contributed by atoms with E-state index in [9.17, 15) is 9.18 Å². The van der Waals surface area contributed by atoms with Crippen LogP contribution in [0.25, 0.3) is 0 Å². The molecule has 2 nitrogen and oxygen atoms in total. The van der Waals surface area contributed by atoms with Crippen molar-refractivity contribution < 1.29 is 9.18 Å². The van der Waals surface area contributed by atoms with Gasteiger partial charge in [0.2, 0.25) is 5.91 Å². The topological polar surface area (TPSA) is 29.1 Å². The zero-order valence-electron chi connectivity index (χ0n) is 10.3. The smallest absolute Gasteiger partial charge is 0.221 e. The molecule has 18 heavy (non-hydrogen) atoms. The van der Waals surface area contributed by atoms with Crippen molar-refractivity contribution in [2.24, 2.45) is 0 Å². The Morgan fingerprint density at radius 2 is 2.06 bits per heavy atom. The summed E-state index contributed by atoms with van der Waals surface area (Å²) in [6.07, 6.45) is 5.09. The SMILES string of the molecule is O=C(CCSc1ccccc1F)NC1CCCC1. The lowest BCUT2D eigenvalue weighted by atomic mass is 10.2. The van der Waals surface area contributed by atoms with Gasteiger partial charge in [-0.2, -0.15) is 0 Å². The summed E-state index contributed by atoms with van der Waals surface area (Å²) >= 11 is 1.40. The van der Waals surface area contributed by atoms with Crippen LogP contribution in [0, 0.1) is 5.82 Å². The van der Waals surface area contributed by atoms with Gasteiger partial charge in [0.05, 0.1) is 0 Å². The molecule has 2 rings (SSSR count). The summed E-state index contributed by atoms with van der Waals surface area (Å²) in [5, 5.41) is 3.03. The van der Waals surface area contributed by atoms with Crippen molar-refractivity contribution in [3.05, 3.63) is 30.1 Å². The predicted molar refractivity (Wildman–Crippen MR) is 72.1 cm³/mol. The molecule has 4 heteroatoms. The van der Waals surface area contributed by atoms with Gasteiger partial charge in [0.15, 0.2) is 0 Å². The second-order valence-electron chi connectivity index (χ2n) is 4.58. The fourth-order valence-electron chi connectivity index (χ4n) is 2.19. The van der Waals surface area contributed by atoms with E-state index in [1.165, 1.54) is 30.7 Å². The minimum atomic E-state index is -0.210. The maximum absolute atomic E-state index is 13.3. The fraction of sp³-hybridized carbons (Fsp3) is 0.500. The highest BCUT2D eigenvalue weighted by atomic mass is 32.2. The molecule has 1 N–H and O–H groups in total. The Bertz CT molecular complexity index is 405. The van der Waals surface area contributed by atoms with Gasteiger partial charge in [0.1, 0.15) is 5.82 Å². The molecule has 98 valence electrons. The Morgan fingerprint density at radius 3 is 2.78 bits per heavy atom. The highest BCUT2D eigenvalue weighted by Crippen LogP contribution is 2.22. The van der Waals surface area contributed by atoms with Crippen molar-refractivity contribution in [3.63, 3.8) is 0 Å². The second-order valence-corrected chi connectivity index (χ2v) is 5.71. The number of rotatable bonds is 5. The first kappa shape index (κ1) is 13.4. The zero-order chi connectivity index (χ0) is 12.8. The van der Waals surface area contributed by atoms with Gasteiger partial charge in [0.25, 0.3) is 0 Å². The normalized spacial score (nSPS) is 15.8. The molecule has 1 fully saturated rings. The lowest BCUT2D eigenvalue weighted by molar-refractivity contribution is -0.121. The predicted octanol–water partition coefficient (Wildman–Crippen LogP) is 3.37. The summed E-state index contributed by atoms with van der Waals surface area (Å²) in [6, 6.07) is 7.04. The van der Waals surface area contributed by atoms with E-state index in [0.29, 0.717) is 23.1 Å². The van der Waals surface area contributed by atoms with Gasteiger partial charge in [-0.3, -0.25) is 4.79 Å². The van der Waals surface area contributed by atoms with Crippen LogP contribution in [0.1, 0.15) is 32.1 Å². The van der Waals surface area contributed by atoms with Gasteiger partial charge >= 0.3 is 0 Å². The molecule has 0 radical (unpaired) electrons. The van der Waals surface area contributed by atoms with Crippen LogP contribution in [-0.2, 0) is 4.79 Å². The number of carbonyl (C=O) groups excluding carboxylic acids is 1. The lowest BCUT2D eigenvalue weighted by Crippen LogP contribution is -2.32. The number of nitrogens with one attached hydrogen (secondary N) is 1. The summed E-state index contributed by atoms with van der Waals surface area (Å²) in [6.45, 7) is 0. The molecule has 1 aliphatic carbocycles. The first-order valence-corrected chi connectivity index (χ1v) is 7.41. The van der Waals surface area contributed by atoms with Crippen LogP contribution in [0.3, 0.4) is 0 Å². The van der Waals surface area contributed by atoms with Crippen LogP contribution in [0.2, 0.25) is 0 Å². The van der Waals surface area contributed by atoms with Crippen molar-refractivity contribution in [1.82, 2.24) is 5.32 Å². The van der Waals surface area contributed by atoms with Crippen molar-refractivity contribution in [1.29, 1.82) is 0 Å². The summed E-state index contributed by atoms with van der Waals surface area (Å²) in [5.74, 6) is 0.504. The van der Waals surface area contributed by atoms with Gasteiger partial charge in [-0.25, -0.2) is 4.39 Å². The van der Waals surface area contributed by atoms with Gasteiger partial charge in [-0.05, 0) is 25.0 Å². The van der Waals surface area contributed by atoms with E-state index in [1.54, 1.807) is 12.1 Å². The van der Waals surface area contributed by atoms with E-state index in [2.05, 4.69) is 5.32 Å². The quantitative estimate of drug-likeness (QED) is 0.829. The Hall–Kier alpha value is -1.03. The van der Waals surface area contributed by atoms with Crippen molar-refractivity contribution in [3.8, 4) is 0 Å². The molecular formula is C14H18FNOS. The monoisotopic (exact) mass is 267 g/mol. The molecule has 1 aromatic rings. The van der Waals surface area contributed by atoms with Crippen LogP contribution < -0.4 is 5.32 Å². The third-order valence-corrected chi connectivity index (χ3v) is 4.19. The van der Waals surface area contributed by atoms with Crippen molar-refractivity contribution in [2.45, 2.75) is 43.0 Å². The van der Waals surface area contributed by atoms with E-state index >= 15 is 0 Å². The number of hydrogen-bond acceptors (Lipinski definition) is 2. The first-order valence-electron chi connectivity index (χ1n) is 6.42. The molecule has 0 saturated heterocycles. The third kappa shape index (κ3) is 4.02. The van der Waals surface area contributed by atoms with Crippen LogP contribution in [-0.4, -0.2) is 17.7 Å². The minimum Gasteiger partial charge on any atom is -0.353 e. The summed E-state index contributed by atoms with van der Waals surface area (Å²) in [5.41, 5.74) is 0. The Labute approximate surface area is 111 Å². The number of thioether (sulfide) groups is 1. The average Bonchev–Trinajstić information content (AvgIpc) is 2.84. The Morgan fingerprint density at radius 1 is 1.33 bits per heavy atom. The first-order chi connectivity index (χ1) is 8.75. The van der Waals surface area contributed by atoms with Gasteiger partial charge < -0.3 is 5.32 Å². The molecule has 0 aromatic heterocycles. The Balaban J connectivity index is 1.68. The average molecular weight is 267 g/mol. The third-order valence-electron chi connectivity index (χ3n) is 3.14. The van der Waals surface area contributed by atoms with Crippen LogP contribution in [0.15, 0.2) is 29.2 Å². The van der Waals surface area contributed by atoms with E-state index in [-0.39, 0.29) is 11.7 Å². The van der Waals surface area contributed by atoms with E-state index in [4.69, 9.17) is 0 Å². The summed E-state index contributed by atoms with van der Waals surface area (Å²) in [4.78, 5) is 12.3. The maximum atomic E-state index is 13.3. The lowest BCUT2D eigenvalue weighted by Gasteiger charge is -2.11. The second kappa shape index (κ2) is 6.78. The van der Waals surface area contributed by atoms with Crippen LogP contribution in [0.5, 0.6) is 0 Å². The number of amides is 1. The number of carbonyl (C=O) groups is 1. The highest BCUT2D eigenvalue weighted by Gasteiger charge is 2.16. The number of benzene rings is 1. The number of hydrogen-bond donors (Lipinski definition) is 1. The molecule has 1 amide bonds. The molecule has 0 atom stereocenters. The largest absolute Gasteiger partial charge is 0.353 e. The highest BCUT2D eigenvalue weighted by molar-refractivity contribution is 7.99. The van der Waals surface area contributed by atoms with E-state index in [0.717, 1.165) is 12.8 Å². The van der Waals surface area contributed by atoms with E-state index in [1.807, 2.05) is 6.07 Å². The fourth-order valence-corrected chi connectivity index (χ4v) is 3.07. The molecule has 0 spiro atoms. The maximum Gasteiger partial charge on any atom is 0.221 e. The molecule has 0 heterocycles. The molecule has 0 bridgehead atoms. The van der Waals surface area contributed by atoms with Crippen molar-refractivity contribution in [2.75, 3.05) is 5.75 Å². The zero-order valence-corrected chi connectivity index (χ0v) is 11.1. The van der Waals surface area contributed by atoms with Crippen LogP contribution >= 0.6 is 11.8 Å². The van der Waals surface area contributed by atoms with Gasteiger partial charge in [0, 0.05) is 23.1 Å². The molecule has 1 aliphatic rings. The standard InChI is InChI=1S/C14H18FNOS/c15-12-7-3-4-8-13(12)18-10-9-14(17)16-11-5-1-2-6-11/h3-4,7-8,11H,1-2,5-6,9-10H2,(H,16,17).